The summed E-state index contributed by atoms with van der Waals surface area (Å²) in [6, 6.07) is 15.7. The fourth-order valence-corrected chi connectivity index (χ4v) is 3.60. The molecule has 0 radical (unpaired) electrons. The normalized spacial score (nSPS) is 14.2. The first-order chi connectivity index (χ1) is 12.5. The maximum absolute atomic E-state index is 11.3. The molecule has 3 aromatic rings. The second-order valence-corrected chi connectivity index (χ2v) is 7.33. The summed E-state index contributed by atoms with van der Waals surface area (Å²) in [6.07, 6.45) is -0.118. The number of nitrogens with zero attached hydrogens (tertiary/aromatic N) is 1. The summed E-state index contributed by atoms with van der Waals surface area (Å²) in [6.45, 7) is 4.72. The van der Waals surface area contributed by atoms with Gasteiger partial charge in [0.15, 0.2) is 0 Å². The van der Waals surface area contributed by atoms with Crippen LogP contribution in [0.2, 0.25) is 0 Å². The molecule has 5 nitrogen and oxygen atoms in total. The molecule has 1 aromatic heterocycles. The smallest absolute Gasteiger partial charge is 0.126 e. The number of hydrogen-bond acceptors (Lipinski definition) is 3. The molecule has 0 saturated carbocycles. The Balaban J connectivity index is 1.78. The van der Waals surface area contributed by atoms with Crippen molar-refractivity contribution in [3.63, 3.8) is 0 Å². The van der Waals surface area contributed by atoms with Gasteiger partial charge in [-0.15, -0.1) is 0 Å². The van der Waals surface area contributed by atoms with Crippen molar-refractivity contribution in [2.24, 2.45) is 5.92 Å². The van der Waals surface area contributed by atoms with E-state index in [0.29, 0.717) is 19.5 Å². The SMILES string of the molecule is CC(C)CC([NH2+]CC(O)Cn1c2ccccc2c2ccccc21)C(=O)[O-]. The van der Waals surface area contributed by atoms with Crippen LogP contribution in [0, 0.1) is 5.92 Å². The van der Waals surface area contributed by atoms with E-state index in [-0.39, 0.29) is 5.92 Å². The number of nitrogens with two attached hydrogens (primary N) is 1. The van der Waals surface area contributed by atoms with Crippen LogP contribution in [0.15, 0.2) is 48.5 Å². The van der Waals surface area contributed by atoms with Crippen LogP contribution in [0.4, 0.5) is 0 Å². The van der Waals surface area contributed by atoms with E-state index in [1.807, 2.05) is 38.1 Å². The van der Waals surface area contributed by atoms with Gasteiger partial charge in [0.1, 0.15) is 18.7 Å². The number of para-hydroxylation sites is 2. The van der Waals surface area contributed by atoms with E-state index in [0.717, 1.165) is 21.8 Å². The lowest BCUT2D eigenvalue weighted by Gasteiger charge is -2.20. The number of aromatic nitrogens is 1. The first kappa shape index (κ1) is 18.4. The molecule has 0 amide bonds. The van der Waals surface area contributed by atoms with Crippen molar-refractivity contribution in [2.45, 2.75) is 39.0 Å². The van der Waals surface area contributed by atoms with Crippen LogP contribution in [-0.4, -0.2) is 34.3 Å². The minimum Gasteiger partial charge on any atom is -0.544 e. The van der Waals surface area contributed by atoms with Crippen LogP contribution in [-0.2, 0) is 11.3 Å². The molecular formula is C21H26N2O3. The van der Waals surface area contributed by atoms with E-state index >= 15 is 0 Å². The highest BCUT2D eigenvalue weighted by Crippen LogP contribution is 2.28. The molecule has 3 N–H and O–H groups in total. The zero-order chi connectivity index (χ0) is 18.7. The number of fused-ring (bicyclic) bond motifs is 3. The van der Waals surface area contributed by atoms with Gasteiger partial charge in [0, 0.05) is 28.2 Å². The van der Waals surface area contributed by atoms with Gasteiger partial charge in [0.05, 0.1) is 12.5 Å². The lowest BCUT2D eigenvalue weighted by molar-refractivity contribution is -0.690. The van der Waals surface area contributed by atoms with Crippen molar-refractivity contribution in [1.82, 2.24) is 4.57 Å². The van der Waals surface area contributed by atoms with Crippen molar-refractivity contribution < 1.29 is 20.3 Å². The molecule has 0 bridgehead atoms. The van der Waals surface area contributed by atoms with Crippen LogP contribution in [0.5, 0.6) is 0 Å². The summed E-state index contributed by atoms with van der Waals surface area (Å²) in [5.41, 5.74) is 2.15. The molecule has 2 aromatic carbocycles. The number of aliphatic hydroxyl groups excluding tert-OH is 1. The average molecular weight is 354 g/mol. The topological polar surface area (TPSA) is 81.9 Å². The summed E-state index contributed by atoms with van der Waals surface area (Å²) in [7, 11) is 0. The standard InChI is InChI=1S/C21H26N2O3/c1-14(2)11-18(21(25)26)22-12-15(24)13-23-19-9-5-3-7-16(19)17-8-4-6-10-20(17)23/h3-10,14-15,18,22,24H,11-13H2,1-2H3,(H,25,26). The predicted molar refractivity (Wildman–Crippen MR) is 100 cm³/mol. The predicted octanol–water partition coefficient (Wildman–Crippen LogP) is 0.883. The maximum atomic E-state index is 11.3. The molecule has 5 heteroatoms. The molecule has 138 valence electrons. The fraction of sp³-hybridized carbons (Fsp3) is 0.381. The number of aliphatic carboxylic acids is 1. The Hall–Kier alpha value is -2.37. The van der Waals surface area contributed by atoms with Gasteiger partial charge >= 0.3 is 0 Å². The Kier molecular flexibility index (Phi) is 5.59. The minimum absolute atomic E-state index is 0.267. The van der Waals surface area contributed by atoms with Gasteiger partial charge in [0.25, 0.3) is 0 Å². The molecule has 3 rings (SSSR count). The molecule has 0 fully saturated rings. The Bertz CT molecular complexity index is 847. The van der Waals surface area contributed by atoms with E-state index in [1.165, 1.54) is 0 Å². The second kappa shape index (κ2) is 7.89. The van der Waals surface area contributed by atoms with E-state index < -0.39 is 18.1 Å². The van der Waals surface area contributed by atoms with E-state index in [1.54, 1.807) is 5.32 Å². The zero-order valence-electron chi connectivity index (χ0n) is 15.3. The van der Waals surface area contributed by atoms with Crippen molar-refractivity contribution in [2.75, 3.05) is 6.54 Å². The maximum Gasteiger partial charge on any atom is 0.126 e. The van der Waals surface area contributed by atoms with Crippen molar-refractivity contribution in [3.05, 3.63) is 48.5 Å². The second-order valence-electron chi connectivity index (χ2n) is 7.33. The lowest BCUT2D eigenvalue weighted by atomic mass is 10.0. The number of rotatable bonds is 8. The summed E-state index contributed by atoms with van der Waals surface area (Å²) in [4.78, 5) is 11.3. The molecule has 0 aliphatic carbocycles. The first-order valence-electron chi connectivity index (χ1n) is 9.15. The molecule has 2 unspecified atom stereocenters. The molecular weight excluding hydrogens is 328 g/mol. The number of carboxylic acid groups (broad SMARTS) is 1. The average Bonchev–Trinajstić information content (AvgIpc) is 2.93. The van der Waals surface area contributed by atoms with Crippen molar-refractivity contribution in [3.8, 4) is 0 Å². The first-order valence-corrected chi connectivity index (χ1v) is 9.15. The lowest BCUT2D eigenvalue weighted by Crippen LogP contribution is -2.94. The molecule has 26 heavy (non-hydrogen) atoms. The van der Waals surface area contributed by atoms with E-state index in [9.17, 15) is 15.0 Å². The highest BCUT2D eigenvalue weighted by Gasteiger charge is 2.19. The van der Waals surface area contributed by atoms with Crippen molar-refractivity contribution >= 4 is 27.8 Å². The van der Waals surface area contributed by atoms with E-state index in [2.05, 4.69) is 28.8 Å². The summed E-state index contributed by atoms with van der Waals surface area (Å²) in [5.74, 6) is -0.800. The third kappa shape index (κ3) is 3.89. The van der Waals surface area contributed by atoms with Gasteiger partial charge in [-0.05, 0) is 18.1 Å². The number of benzene rings is 2. The Morgan fingerprint density at radius 1 is 1.08 bits per heavy atom. The number of quaternary nitrogens is 1. The van der Waals surface area contributed by atoms with Crippen LogP contribution < -0.4 is 10.4 Å². The third-order valence-electron chi connectivity index (χ3n) is 4.79. The molecule has 0 aliphatic rings. The summed E-state index contributed by atoms with van der Waals surface area (Å²) in [5, 5.41) is 25.8. The monoisotopic (exact) mass is 354 g/mol. The van der Waals surface area contributed by atoms with Gasteiger partial charge in [-0.25, -0.2) is 0 Å². The molecule has 0 aliphatic heterocycles. The van der Waals surface area contributed by atoms with Gasteiger partial charge in [-0.3, -0.25) is 0 Å². The zero-order valence-corrected chi connectivity index (χ0v) is 15.3. The highest BCUT2D eigenvalue weighted by molar-refractivity contribution is 6.07. The number of hydrogen-bond donors (Lipinski definition) is 2. The largest absolute Gasteiger partial charge is 0.544 e. The molecule has 0 spiro atoms. The van der Waals surface area contributed by atoms with Gasteiger partial charge in [0.2, 0.25) is 0 Å². The Morgan fingerprint density at radius 2 is 1.62 bits per heavy atom. The van der Waals surface area contributed by atoms with Crippen molar-refractivity contribution in [1.29, 1.82) is 0 Å². The highest BCUT2D eigenvalue weighted by atomic mass is 16.4. The van der Waals surface area contributed by atoms with Crippen LogP contribution in [0.1, 0.15) is 20.3 Å². The Labute approximate surface area is 153 Å². The quantitative estimate of drug-likeness (QED) is 0.630. The summed E-state index contributed by atoms with van der Waals surface area (Å²) < 4.78 is 2.11. The number of carbonyl (C=O) groups excluding carboxylic acids is 1. The molecule has 2 atom stereocenters. The Morgan fingerprint density at radius 3 is 2.12 bits per heavy atom. The number of carbonyl (C=O) groups is 1. The molecule has 1 heterocycles. The fourth-order valence-electron chi connectivity index (χ4n) is 3.60. The van der Waals surface area contributed by atoms with Crippen LogP contribution in [0.3, 0.4) is 0 Å². The van der Waals surface area contributed by atoms with Crippen LogP contribution >= 0.6 is 0 Å². The van der Waals surface area contributed by atoms with Gasteiger partial charge in [-0.1, -0.05) is 50.2 Å². The number of aliphatic hydroxyl groups is 1. The number of carboxylic acids is 1. The van der Waals surface area contributed by atoms with Gasteiger partial charge < -0.3 is 24.9 Å². The van der Waals surface area contributed by atoms with Gasteiger partial charge in [-0.2, -0.15) is 0 Å². The molecule has 0 saturated heterocycles. The minimum atomic E-state index is -1.07. The van der Waals surface area contributed by atoms with Crippen LogP contribution in [0.25, 0.3) is 21.8 Å². The third-order valence-corrected chi connectivity index (χ3v) is 4.79. The summed E-state index contributed by atoms with van der Waals surface area (Å²) >= 11 is 0. The van der Waals surface area contributed by atoms with E-state index in [4.69, 9.17) is 0 Å².